The molecule has 0 bridgehead atoms. The summed E-state index contributed by atoms with van der Waals surface area (Å²) in [5.74, 6) is 0. The van der Waals surface area contributed by atoms with E-state index in [1.165, 1.54) is 0 Å². The minimum Gasteiger partial charge on any atom is -0.329 e. The van der Waals surface area contributed by atoms with Crippen molar-refractivity contribution in [1.82, 2.24) is 16.0 Å². The average molecular weight is 216 g/mol. The number of hydrogen-bond acceptors (Lipinski definition) is 4. The van der Waals surface area contributed by atoms with Crippen LogP contribution in [0.15, 0.2) is 0 Å². The average Bonchev–Trinajstić information content (AvgIpc) is 2.14. The van der Waals surface area contributed by atoms with E-state index in [-0.39, 0.29) is 5.54 Å². The second kappa shape index (κ2) is 9.09. The SMILES string of the molecule is CC(C)(C)NCCNCCCNCCN. The standard InChI is InChI=1S/C11H28N4/c1-11(2,3)15-10-9-14-7-4-6-13-8-5-12/h13-15H,4-10,12H2,1-3H3. The predicted molar refractivity (Wildman–Crippen MR) is 67.2 cm³/mol. The molecule has 0 fully saturated rings. The van der Waals surface area contributed by atoms with Crippen LogP contribution in [0.4, 0.5) is 0 Å². The van der Waals surface area contributed by atoms with Gasteiger partial charge in [-0.05, 0) is 40.3 Å². The van der Waals surface area contributed by atoms with Crippen LogP contribution in [-0.2, 0) is 0 Å². The van der Waals surface area contributed by atoms with E-state index >= 15 is 0 Å². The van der Waals surface area contributed by atoms with Crippen LogP contribution in [0.5, 0.6) is 0 Å². The Bertz CT molecular complexity index is 131. The van der Waals surface area contributed by atoms with E-state index in [2.05, 4.69) is 36.7 Å². The molecule has 0 aliphatic carbocycles. The Morgan fingerprint density at radius 3 is 2.00 bits per heavy atom. The Labute approximate surface area is 94.4 Å². The maximum absolute atomic E-state index is 5.36. The molecule has 0 rings (SSSR count). The Balaban J connectivity index is 2.99. The molecule has 4 nitrogen and oxygen atoms in total. The summed E-state index contributed by atoms with van der Waals surface area (Å²) in [4.78, 5) is 0. The zero-order chi connectivity index (χ0) is 11.6. The first-order valence-electron chi connectivity index (χ1n) is 5.93. The van der Waals surface area contributed by atoms with Gasteiger partial charge in [0, 0.05) is 31.7 Å². The number of rotatable bonds is 9. The number of nitrogens with two attached hydrogens (primary N) is 1. The first-order chi connectivity index (χ1) is 7.06. The smallest absolute Gasteiger partial charge is 0.00970 e. The molecule has 0 aliphatic rings. The van der Waals surface area contributed by atoms with Gasteiger partial charge in [0.15, 0.2) is 0 Å². The van der Waals surface area contributed by atoms with E-state index < -0.39 is 0 Å². The fourth-order valence-corrected chi connectivity index (χ4v) is 1.22. The zero-order valence-corrected chi connectivity index (χ0v) is 10.5. The Hall–Kier alpha value is -0.160. The molecule has 5 N–H and O–H groups in total. The normalized spacial score (nSPS) is 12.0. The van der Waals surface area contributed by atoms with E-state index in [0.29, 0.717) is 0 Å². The lowest BCUT2D eigenvalue weighted by molar-refractivity contribution is 0.421. The van der Waals surface area contributed by atoms with Crippen molar-refractivity contribution in [1.29, 1.82) is 0 Å². The molecule has 0 aromatic carbocycles. The largest absolute Gasteiger partial charge is 0.329 e. The Kier molecular flexibility index (Phi) is 9.00. The Morgan fingerprint density at radius 2 is 1.47 bits per heavy atom. The minimum atomic E-state index is 0.227. The molecule has 0 aliphatic heterocycles. The summed E-state index contributed by atoms with van der Waals surface area (Å²) in [5.41, 5.74) is 5.59. The van der Waals surface area contributed by atoms with Crippen LogP contribution in [-0.4, -0.2) is 44.8 Å². The summed E-state index contributed by atoms with van der Waals surface area (Å²) in [6.07, 6.45) is 1.16. The van der Waals surface area contributed by atoms with Gasteiger partial charge in [0.1, 0.15) is 0 Å². The van der Waals surface area contributed by atoms with Crippen LogP contribution in [0.2, 0.25) is 0 Å². The molecule has 4 heteroatoms. The van der Waals surface area contributed by atoms with Gasteiger partial charge in [-0.2, -0.15) is 0 Å². The molecule has 15 heavy (non-hydrogen) atoms. The molecule has 0 atom stereocenters. The molecule has 0 saturated carbocycles. The monoisotopic (exact) mass is 216 g/mol. The topological polar surface area (TPSA) is 62.1 Å². The van der Waals surface area contributed by atoms with Gasteiger partial charge in [0.2, 0.25) is 0 Å². The maximum atomic E-state index is 5.36. The van der Waals surface area contributed by atoms with Gasteiger partial charge in [-0.15, -0.1) is 0 Å². The van der Waals surface area contributed by atoms with Crippen molar-refractivity contribution < 1.29 is 0 Å². The van der Waals surface area contributed by atoms with Crippen molar-refractivity contribution in [2.75, 3.05) is 39.3 Å². The van der Waals surface area contributed by atoms with Crippen LogP contribution in [0.3, 0.4) is 0 Å². The Morgan fingerprint density at radius 1 is 0.867 bits per heavy atom. The fraction of sp³-hybridized carbons (Fsp3) is 1.00. The minimum absolute atomic E-state index is 0.227. The van der Waals surface area contributed by atoms with Crippen molar-refractivity contribution >= 4 is 0 Å². The lowest BCUT2D eigenvalue weighted by Crippen LogP contribution is -2.40. The van der Waals surface area contributed by atoms with Crippen molar-refractivity contribution in [2.24, 2.45) is 5.73 Å². The molecule has 0 spiro atoms. The predicted octanol–water partition coefficient (Wildman–Crippen LogP) is -0.0975. The summed E-state index contributed by atoms with van der Waals surface area (Å²) < 4.78 is 0. The van der Waals surface area contributed by atoms with Gasteiger partial charge < -0.3 is 21.7 Å². The van der Waals surface area contributed by atoms with E-state index in [4.69, 9.17) is 5.73 Å². The van der Waals surface area contributed by atoms with Crippen LogP contribution < -0.4 is 21.7 Å². The van der Waals surface area contributed by atoms with Crippen molar-refractivity contribution in [3.63, 3.8) is 0 Å². The lowest BCUT2D eigenvalue weighted by atomic mass is 10.1. The van der Waals surface area contributed by atoms with E-state index in [9.17, 15) is 0 Å². The summed E-state index contributed by atoms with van der Waals surface area (Å²) in [5, 5.41) is 10.1. The molecule has 0 heterocycles. The highest BCUT2D eigenvalue weighted by atomic mass is 15.0. The summed E-state index contributed by atoms with van der Waals surface area (Å²) in [7, 11) is 0. The van der Waals surface area contributed by atoms with E-state index in [1.807, 2.05) is 0 Å². The van der Waals surface area contributed by atoms with Gasteiger partial charge in [0.25, 0.3) is 0 Å². The summed E-state index contributed by atoms with van der Waals surface area (Å²) >= 11 is 0. The van der Waals surface area contributed by atoms with Gasteiger partial charge in [-0.1, -0.05) is 0 Å². The van der Waals surface area contributed by atoms with E-state index in [0.717, 1.165) is 45.7 Å². The molecule has 0 aromatic rings. The van der Waals surface area contributed by atoms with Crippen LogP contribution in [0.25, 0.3) is 0 Å². The van der Waals surface area contributed by atoms with Crippen LogP contribution in [0, 0.1) is 0 Å². The summed E-state index contributed by atoms with van der Waals surface area (Å²) in [6.45, 7) is 12.4. The summed E-state index contributed by atoms with van der Waals surface area (Å²) in [6, 6.07) is 0. The maximum Gasteiger partial charge on any atom is 0.00970 e. The second-order valence-corrected chi connectivity index (χ2v) is 4.82. The third-order valence-corrected chi connectivity index (χ3v) is 1.99. The molecule has 0 radical (unpaired) electrons. The quantitative estimate of drug-likeness (QED) is 0.407. The third-order valence-electron chi connectivity index (χ3n) is 1.99. The highest BCUT2D eigenvalue weighted by Crippen LogP contribution is 1.96. The number of nitrogens with one attached hydrogen (secondary N) is 3. The molecule has 0 saturated heterocycles. The van der Waals surface area contributed by atoms with Crippen LogP contribution >= 0.6 is 0 Å². The third kappa shape index (κ3) is 13.8. The van der Waals surface area contributed by atoms with Gasteiger partial charge in [-0.25, -0.2) is 0 Å². The molecule has 0 aromatic heterocycles. The molecule has 0 unspecified atom stereocenters. The fourth-order valence-electron chi connectivity index (χ4n) is 1.22. The van der Waals surface area contributed by atoms with Gasteiger partial charge in [-0.3, -0.25) is 0 Å². The molecule has 0 amide bonds. The molecule has 92 valence electrons. The zero-order valence-electron chi connectivity index (χ0n) is 10.5. The molecular weight excluding hydrogens is 188 g/mol. The first-order valence-corrected chi connectivity index (χ1v) is 5.93. The lowest BCUT2D eigenvalue weighted by Gasteiger charge is -2.20. The molecular formula is C11H28N4. The highest BCUT2D eigenvalue weighted by molar-refractivity contribution is 4.70. The van der Waals surface area contributed by atoms with Crippen LogP contribution in [0.1, 0.15) is 27.2 Å². The van der Waals surface area contributed by atoms with Crippen molar-refractivity contribution in [2.45, 2.75) is 32.7 Å². The van der Waals surface area contributed by atoms with Gasteiger partial charge >= 0.3 is 0 Å². The first kappa shape index (κ1) is 14.8. The van der Waals surface area contributed by atoms with Crippen molar-refractivity contribution in [3.8, 4) is 0 Å². The number of hydrogen-bond donors (Lipinski definition) is 4. The highest BCUT2D eigenvalue weighted by Gasteiger charge is 2.06. The second-order valence-electron chi connectivity index (χ2n) is 4.82. The van der Waals surface area contributed by atoms with Crippen molar-refractivity contribution in [3.05, 3.63) is 0 Å². The van der Waals surface area contributed by atoms with Gasteiger partial charge in [0.05, 0.1) is 0 Å². The van der Waals surface area contributed by atoms with E-state index in [1.54, 1.807) is 0 Å².